The molecule has 0 aromatic heterocycles. The van der Waals surface area contributed by atoms with Crippen LogP contribution in [0.3, 0.4) is 0 Å². The van der Waals surface area contributed by atoms with E-state index in [9.17, 15) is 0 Å². The van der Waals surface area contributed by atoms with Gasteiger partial charge in [0, 0.05) is 0 Å². The Balaban J connectivity index is -0.000000154. The molecule has 0 aromatic carbocycles. The van der Waals surface area contributed by atoms with E-state index < -0.39 is 32.2 Å². The van der Waals surface area contributed by atoms with Crippen LogP contribution in [0.25, 0.3) is 0 Å². The van der Waals surface area contributed by atoms with Crippen LogP contribution in [-0.2, 0) is 32.2 Å². The molecule has 0 aromatic rings. The second-order valence-corrected chi connectivity index (χ2v) is 22.3. The van der Waals surface area contributed by atoms with Crippen molar-refractivity contribution in [1.82, 2.24) is 0 Å². The monoisotopic (exact) mass is 774 g/mol. The number of hydrogen-bond acceptors (Lipinski definition) is 18. The van der Waals surface area contributed by atoms with Gasteiger partial charge in [0.1, 0.15) is 0 Å². The summed E-state index contributed by atoms with van der Waals surface area (Å²) in [5, 5.41) is 154. The average Bonchev–Trinajstić information content (AvgIpc) is 3.06. The third-order valence-corrected chi connectivity index (χ3v) is 14.7. The summed E-state index contributed by atoms with van der Waals surface area (Å²) in [7, 11) is -18.5. The van der Waals surface area contributed by atoms with Crippen LogP contribution in [0.1, 0.15) is 0 Å². The van der Waals surface area contributed by atoms with Gasteiger partial charge in [0.15, 0.2) is 0 Å². The SMILES string of the molecule is N#[C][Fe-2]([C]#N)([C]#N)([C]#N)([C]#N)[C]#N.N#[C][Fe-2]([C]#N)([C]#N)([C]#N)([C]#N)[C]#N.N#[C][Fe-2]([C]#N)([C]#N)([C]#N)([C]#N)[C]#N.[Ga+3].[Ga+3]. The van der Waals surface area contributed by atoms with Gasteiger partial charge in [-0.2, -0.15) is 0 Å². The van der Waals surface area contributed by atoms with Crippen molar-refractivity contribution in [2.45, 2.75) is 0 Å². The van der Waals surface area contributed by atoms with Gasteiger partial charge in [-0.15, -0.1) is 0 Å². The Morgan fingerprint density at radius 1 is 0.171 bits per heavy atom. The summed E-state index contributed by atoms with van der Waals surface area (Å²) < 4.78 is 0. The van der Waals surface area contributed by atoms with E-state index in [1.54, 1.807) is 0 Å². The summed E-state index contributed by atoms with van der Waals surface area (Å²) in [6.07, 6.45) is 0. The van der Waals surface area contributed by atoms with Crippen molar-refractivity contribution in [2.75, 3.05) is 0 Å². The first-order valence-corrected chi connectivity index (χ1v) is 17.1. The summed E-state index contributed by atoms with van der Waals surface area (Å²) >= 11 is 0. The van der Waals surface area contributed by atoms with E-state index in [0.717, 1.165) is 89.4 Å². The van der Waals surface area contributed by atoms with Crippen LogP contribution in [0.2, 0.25) is 0 Å². The first-order valence-electron chi connectivity index (χ1n) is 7.21. The van der Waals surface area contributed by atoms with Gasteiger partial charge in [-0.05, 0) is 0 Å². The van der Waals surface area contributed by atoms with E-state index in [1.165, 1.54) is 0 Å². The average molecular weight is 775 g/mol. The maximum absolute atomic E-state index is 8.58. The summed E-state index contributed by atoms with van der Waals surface area (Å²) in [5.74, 6) is 0. The topological polar surface area (TPSA) is 428 Å². The fourth-order valence-electron chi connectivity index (χ4n) is 0.795. The molecule has 0 radical (unpaired) electrons. The molecule has 0 atom stereocenters. The summed E-state index contributed by atoms with van der Waals surface area (Å²) in [4.78, 5) is 18.6. The minimum absolute atomic E-state index is 0. The van der Waals surface area contributed by atoms with Crippen molar-refractivity contribution in [1.29, 1.82) is 94.7 Å². The predicted molar refractivity (Wildman–Crippen MR) is 113 cm³/mol. The molecule has 0 aliphatic carbocycles. The van der Waals surface area contributed by atoms with Gasteiger partial charge in [-0.1, -0.05) is 0 Å². The molecule has 0 rings (SSSR count). The zero-order valence-electron chi connectivity index (χ0n) is 19.3. The Labute approximate surface area is 253 Å². The van der Waals surface area contributed by atoms with Crippen molar-refractivity contribution in [3.05, 3.63) is 0 Å². The molecule has 0 spiro atoms. The Hall–Kier alpha value is -6.35. The predicted octanol–water partition coefficient (Wildman–Crippen LogP) is -0.467. The van der Waals surface area contributed by atoms with Crippen molar-refractivity contribution in [2.24, 2.45) is 0 Å². The molecule has 0 aliphatic rings. The molecule has 23 heteroatoms. The van der Waals surface area contributed by atoms with E-state index in [2.05, 4.69) is 0 Å². The van der Waals surface area contributed by atoms with Gasteiger partial charge in [0.05, 0.1) is 0 Å². The quantitative estimate of drug-likeness (QED) is 0.281. The smallest absolute Gasteiger partial charge is 3.00 e. The molecule has 0 heterocycles. The molecule has 0 amide bonds. The maximum Gasteiger partial charge on any atom is 3.00 e. The third-order valence-electron chi connectivity index (χ3n) is 3.56. The van der Waals surface area contributed by atoms with Crippen molar-refractivity contribution in [3.8, 4) is 89.4 Å². The van der Waals surface area contributed by atoms with Crippen molar-refractivity contribution < 1.29 is 32.2 Å². The molecule has 0 fully saturated rings. The maximum atomic E-state index is 8.58. The molecule has 192 valence electrons. The Morgan fingerprint density at radius 3 is 0.220 bits per heavy atom. The fourth-order valence-corrected chi connectivity index (χ4v) is 3.28. The van der Waals surface area contributed by atoms with Gasteiger partial charge in [-0.3, -0.25) is 0 Å². The molecular weight excluding hydrogens is 775 g/mol. The van der Waals surface area contributed by atoms with Crippen LogP contribution in [-0.4, -0.2) is 39.6 Å². The Kier molecular flexibility index (Phi) is 12.2. The second kappa shape index (κ2) is 11.2. The molecule has 0 unspecified atom stereocenters. The Morgan fingerprint density at radius 2 is 0.220 bits per heavy atom. The zero-order chi connectivity index (χ0) is 32.0. The second-order valence-electron chi connectivity index (χ2n) is 5.40. The van der Waals surface area contributed by atoms with E-state index in [-0.39, 0.29) is 39.6 Å². The van der Waals surface area contributed by atoms with E-state index in [0.29, 0.717) is 0 Å². The number of nitriles is 18. The van der Waals surface area contributed by atoms with Gasteiger partial charge < -0.3 is 0 Å². The van der Waals surface area contributed by atoms with Crippen LogP contribution in [0.5, 0.6) is 0 Å². The van der Waals surface area contributed by atoms with E-state index in [1.807, 2.05) is 0 Å². The molecule has 0 saturated carbocycles. The van der Waals surface area contributed by atoms with Crippen molar-refractivity contribution >= 4 is 39.6 Å². The summed E-state index contributed by atoms with van der Waals surface area (Å²) in [6.45, 7) is 0. The van der Waals surface area contributed by atoms with Crippen molar-refractivity contribution in [3.63, 3.8) is 0 Å². The number of hydrogen-bond donors (Lipinski definition) is 0. The molecule has 0 N–H and O–H groups in total. The minimum Gasteiger partial charge on any atom is 3.00 e. The largest absolute Gasteiger partial charge is 3.00 e. The number of nitrogens with zero attached hydrogens (tertiary/aromatic N) is 18. The fraction of sp³-hybridized carbons (Fsp3) is 0. The first kappa shape index (κ1) is 44.6. The van der Waals surface area contributed by atoms with Crippen LogP contribution in [0, 0.1) is 184 Å². The van der Waals surface area contributed by atoms with Gasteiger partial charge >= 0.3 is 256 Å². The minimum atomic E-state index is -6.17. The third kappa shape index (κ3) is 4.82. The standard InChI is InChI=1S/18CN.3Fe.2Ga/c18*1-2;;;;;/q;;;;;;;;;;;;;;;;;;3*-2;2*+3. The molecule has 18 nitrogen and oxygen atoms in total. The molecular formula is C18Fe3Ga2N18. The van der Waals surface area contributed by atoms with E-state index >= 15 is 0 Å². The van der Waals surface area contributed by atoms with Gasteiger partial charge in [0.2, 0.25) is 0 Å². The van der Waals surface area contributed by atoms with Crippen LogP contribution >= 0.6 is 0 Å². The van der Waals surface area contributed by atoms with Gasteiger partial charge in [0.25, 0.3) is 0 Å². The van der Waals surface area contributed by atoms with Crippen LogP contribution in [0.15, 0.2) is 0 Å². The van der Waals surface area contributed by atoms with E-state index in [4.69, 9.17) is 94.7 Å². The normalized spacial score (nSPS) is 12.7. The zero-order valence-corrected chi connectivity index (χ0v) is 27.4. The molecule has 0 saturated heterocycles. The summed E-state index contributed by atoms with van der Waals surface area (Å²) in [5.41, 5.74) is 0. The van der Waals surface area contributed by atoms with Crippen LogP contribution < -0.4 is 0 Å². The van der Waals surface area contributed by atoms with Crippen LogP contribution in [0.4, 0.5) is 0 Å². The molecule has 41 heavy (non-hydrogen) atoms. The Bertz CT molecular complexity index is 1410. The summed E-state index contributed by atoms with van der Waals surface area (Å²) in [6, 6.07) is 0. The molecule has 0 bridgehead atoms. The molecule has 0 aliphatic heterocycles. The first-order chi connectivity index (χ1) is 17.9. The van der Waals surface area contributed by atoms with Gasteiger partial charge in [-0.25, -0.2) is 0 Å². The number of rotatable bonds is 0.